The van der Waals surface area contributed by atoms with Crippen LogP contribution in [0.15, 0.2) is 28.4 Å². The van der Waals surface area contributed by atoms with Gasteiger partial charge in [0.2, 0.25) is 0 Å². The van der Waals surface area contributed by atoms with Gasteiger partial charge in [-0.15, -0.1) is 11.3 Å². The molecule has 6 nitrogen and oxygen atoms in total. The molecule has 4 N–H and O–H groups in total. The number of carbonyl (C=O) groups is 1. The van der Waals surface area contributed by atoms with E-state index in [1.54, 1.807) is 17.4 Å². The fourth-order valence-corrected chi connectivity index (χ4v) is 4.30. The number of pyridine rings is 1. The molecule has 0 aliphatic heterocycles. The molecule has 0 spiro atoms. The van der Waals surface area contributed by atoms with Gasteiger partial charge < -0.3 is 9.72 Å². The number of rotatable bonds is 2. The Kier molecular flexibility index (Phi) is 3.40. The largest absolute Gasteiger partial charge is 0.496 e. The zero-order chi connectivity index (χ0) is 16.8. The molecule has 122 valence electrons. The second-order valence-corrected chi connectivity index (χ2v) is 6.60. The number of fused-ring (bicyclic) bond motifs is 5. The fraction of sp³-hybridized carbons (Fsp3) is 0.176. The number of aromatic amines is 1. The van der Waals surface area contributed by atoms with E-state index in [9.17, 15) is 9.59 Å². The number of thiophene rings is 1. The van der Waals surface area contributed by atoms with Crippen LogP contribution in [0.4, 0.5) is 0 Å². The van der Waals surface area contributed by atoms with Gasteiger partial charge in [0.1, 0.15) is 5.75 Å². The van der Waals surface area contributed by atoms with Gasteiger partial charge in [-0.25, -0.2) is 5.84 Å². The molecule has 1 aliphatic rings. The van der Waals surface area contributed by atoms with Gasteiger partial charge in [-0.1, -0.05) is 6.07 Å². The predicted molar refractivity (Wildman–Crippen MR) is 93.5 cm³/mol. The van der Waals surface area contributed by atoms with E-state index in [2.05, 4.69) is 10.4 Å². The molecule has 0 bridgehead atoms. The number of nitrogens with one attached hydrogen (secondary N) is 2. The maximum absolute atomic E-state index is 12.8. The standard InChI is InChI=1S/C17H15N3O3S/c1-23-11-4-2-8-9-3-5-12-10(6-7-24-12)15(9)19-16(21)13(8)14(11)17(22)20-18/h2,4,6-7H,3,5,18H2,1H3,(H,19,21)(H,20,22). The lowest BCUT2D eigenvalue weighted by molar-refractivity contribution is 0.0952. The van der Waals surface area contributed by atoms with Crippen LogP contribution >= 0.6 is 11.3 Å². The number of methoxy groups -OCH3 is 1. The normalized spacial score (nSPS) is 12.6. The highest BCUT2D eigenvalue weighted by atomic mass is 32.1. The number of aryl methyl sites for hydroxylation is 2. The summed E-state index contributed by atoms with van der Waals surface area (Å²) < 4.78 is 5.25. The van der Waals surface area contributed by atoms with Crippen LogP contribution in [0.3, 0.4) is 0 Å². The molecule has 2 aromatic heterocycles. The van der Waals surface area contributed by atoms with Gasteiger partial charge in [0.05, 0.1) is 23.8 Å². The number of nitrogen functional groups attached to an aromatic ring is 1. The van der Waals surface area contributed by atoms with Crippen LogP contribution in [0.1, 0.15) is 20.8 Å². The van der Waals surface area contributed by atoms with E-state index in [0.717, 1.165) is 35.0 Å². The average molecular weight is 341 g/mol. The van der Waals surface area contributed by atoms with Gasteiger partial charge in [0.15, 0.2) is 0 Å². The lowest BCUT2D eigenvalue weighted by Gasteiger charge is -2.19. The summed E-state index contributed by atoms with van der Waals surface area (Å²) in [6.07, 6.45) is 1.73. The van der Waals surface area contributed by atoms with Crippen molar-refractivity contribution in [3.8, 4) is 17.0 Å². The Balaban J connectivity index is 2.13. The number of ether oxygens (including phenoxy) is 1. The summed E-state index contributed by atoms with van der Waals surface area (Å²) in [5.74, 6) is 5.07. The molecule has 0 saturated carbocycles. The van der Waals surface area contributed by atoms with Crippen molar-refractivity contribution in [1.82, 2.24) is 10.4 Å². The van der Waals surface area contributed by atoms with E-state index >= 15 is 0 Å². The third kappa shape index (κ3) is 1.98. The minimum Gasteiger partial charge on any atom is -0.496 e. The molecule has 0 fully saturated rings. The van der Waals surface area contributed by atoms with Gasteiger partial charge in [-0.2, -0.15) is 0 Å². The summed E-state index contributed by atoms with van der Waals surface area (Å²) in [5, 5.41) is 3.11. The minimum atomic E-state index is -0.546. The molecule has 1 aliphatic carbocycles. The summed E-state index contributed by atoms with van der Waals surface area (Å²) in [6.45, 7) is 0. The van der Waals surface area contributed by atoms with Crippen molar-refractivity contribution in [2.45, 2.75) is 12.8 Å². The zero-order valence-corrected chi connectivity index (χ0v) is 13.8. The Labute approximate surface area is 141 Å². The molecule has 24 heavy (non-hydrogen) atoms. The van der Waals surface area contributed by atoms with Crippen LogP contribution in [0.25, 0.3) is 22.0 Å². The molecule has 3 aromatic rings. The van der Waals surface area contributed by atoms with Gasteiger partial charge in [0.25, 0.3) is 11.5 Å². The summed E-state index contributed by atoms with van der Waals surface area (Å²) in [7, 11) is 1.46. The number of hydrogen-bond donors (Lipinski definition) is 3. The van der Waals surface area contributed by atoms with E-state index in [4.69, 9.17) is 10.6 Å². The molecule has 0 atom stereocenters. The number of nitrogens with two attached hydrogens (primary N) is 1. The number of aromatic nitrogens is 1. The molecule has 2 heterocycles. The highest BCUT2D eigenvalue weighted by molar-refractivity contribution is 7.10. The van der Waals surface area contributed by atoms with E-state index in [-0.39, 0.29) is 11.1 Å². The monoisotopic (exact) mass is 341 g/mol. The van der Waals surface area contributed by atoms with Crippen LogP contribution in [-0.2, 0) is 12.8 Å². The molecule has 0 radical (unpaired) electrons. The quantitative estimate of drug-likeness (QED) is 0.377. The fourth-order valence-electron chi connectivity index (χ4n) is 3.41. The molecule has 1 amide bonds. The molecule has 0 unspecified atom stereocenters. The highest BCUT2D eigenvalue weighted by Crippen LogP contribution is 2.39. The van der Waals surface area contributed by atoms with E-state index in [1.165, 1.54) is 12.0 Å². The second kappa shape index (κ2) is 5.47. The first-order valence-corrected chi connectivity index (χ1v) is 8.37. The average Bonchev–Trinajstić information content (AvgIpc) is 3.09. The van der Waals surface area contributed by atoms with Crippen LogP contribution < -0.4 is 21.6 Å². The van der Waals surface area contributed by atoms with Crippen LogP contribution in [0.2, 0.25) is 0 Å². The van der Waals surface area contributed by atoms with Gasteiger partial charge >= 0.3 is 0 Å². The molecule has 1 aromatic carbocycles. The third-order valence-electron chi connectivity index (χ3n) is 4.45. The minimum absolute atomic E-state index is 0.165. The van der Waals surface area contributed by atoms with Gasteiger partial charge in [-0.05, 0) is 41.3 Å². The molecular formula is C17H15N3O3S. The van der Waals surface area contributed by atoms with Gasteiger partial charge in [0, 0.05) is 10.4 Å². The Bertz CT molecular complexity index is 1040. The Morgan fingerprint density at radius 1 is 1.33 bits per heavy atom. The van der Waals surface area contributed by atoms with Crippen molar-refractivity contribution in [2.24, 2.45) is 5.84 Å². The molecule has 0 saturated heterocycles. The van der Waals surface area contributed by atoms with Crippen LogP contribution in [0, 0.1) is 0 Å². The zero-order valence-electron chi connectivity index (χ0n) is 12.9. The van der Waals surface area contributed by atoms with E-state index < -0.39 is 5.91 Å². The molecular weight excluding hydrogens is 326 g/mol. The van der Waals surface area contributed by atoms with E-state index in [0.29, 0.717) is 11.1 Å². The second-order valence-electron chi connectivity index (χ2n) is 5.60. The lowest BCUT2D eigenvalue weighted by Crippen LogP contribution is -2.31. The maximum atomic E-state index is 12.8. The number of amides is 1. The van der Waals surface area contributed by atoms with Crippen molar-refractivity contribution in [3.63, 3.8) is 0 Å². The maximum Gasteiger partial charge on any atom is 0.269 e. The SMILES string of the molecule is COc1ccc2c3c([nH]c(=O)c2c1C(=O)NN)-c1ccsc1CC3. The first-order chi connectivity index (χ1) is 11.7. The first-order valence-electron chi connectivity index (χ1n) is 7.49. The predicted octanol–water partition coefficient (Wildman–Crippen LogP) is 1.97. The Morgan fingerprint density at radius 3 is 2.92 bits per heavy atom. The smallest absolute Gasteiger partial charge is 0.269 e. The Hall–Kier alpha value is -2.64. The summed E-state index contributed by atoms with van der Waals surface area (Å²) in [6, 6.07) is 5.57. The van der Waals surface area contributed by atoms with Crippen LogP contribution in [0.5, 0.6) is 5.75 Å². The number of carbonyl (C=O) groups excluding carboxylic acids is 1. The lowest BCUT2D eigenvalue weighted by atomic mass is 9.90. The third-order valence-corrected chi connectivity index (χ3v) is 5.44. The van der Waals surface area contributed by atoms with Gasteiger partial charge in [-0.3, -0.25) is 15.0 Å². The number of benzene rings is 1. The van der Waals surface area contributed by atoms with Crippen LogP contribution in [-0.4, -0.2) is 18.0 Å². The van der Waals surface area contributed by atoms with Crippen molar-refractivity contribution in [2.75, 3.05) is 7.11 Å². The topological polar surface area (TPSA) is 97.2 Å². The molecule has 4 rings (SSSR count). The number of H-pyrrole nitrogens is 1. The number of hydrogen-bond acceptors (Lipinski definition) is 5. The Morgan fingerprint density at radius 2 is 2.17 bits per heavy atom. The summed E-state index contributed by atoms with van der Waals surface area (Å²) >= 11 is 1.70. The number of hydrazine groups is 1. The molecule has 7 heteroatoms. The van der Waals surface area contributed by atoms with Crippen molar-refractivity contribution in [1.29, 1.82) is 0 Å². The van der Waals surface area contributed by atoms with Crippen molar-refractivity contribution < 1.29 is 9.53 Å². The summed E-state index contributed by atoms with van der Waals surface area (Å²) in [4.78, 5) is 29.2. The van der Waals surface area contributed by atoms with Crippen molar-refractivity contribution in [3.05, 3.63) is 49.9 Å². The summed E-state index contributed by atoms with van der Waals surface area (Å²) in [5.41, 5.74) is 4.90. The highest BCUT2D eigenvalue weighted by Gasteiger charge is 2.25. The van der Waals surface area contributed by atoms with Crippen molar-refractivity contribution >= 4 is 28.0 Å². The first kappa shape index (κ1) is 14.9. The van der Waals surface area contributed by atoms with E-state index in [1.807, 2.05) is 17.5 Å².